The molecule has 0 bridgehead atoms. The maximum absolute atomic E-state index is 11.5. The van der Waals surface area contributed by atoms with Gasteiger partial charge in [-0.2, -0.15) is 0 Å². The van der Waals surface area contributed by atoms with Gasteiger partial charge in [0.25, 0.3) is 0 Å². The van der Waals surface area contributed by atoms with Gasteiger partial charge in [-0.3, -0.25) is 0 Å². The molecule has 0 heterocycles. The summed E-state index contributed by atoms with van der Waals surface area (Å²) in [6.07, 6.45) is 0. The van der Waals surface area contributed by atoms with Crippen LogP contribution in [-0.4, -0.2) is 41.3 Å². The molecular formula is C18H17NaO4P. The largest absolute Gasteiger partial charge is 0.504 e. The maximum Gasteiger partial charge on any atom is 0.367 e. The molecule has 0 fully saturated rings. The molecular weight excluding hydrogens is 334 g/mol. The first-order chi connectivity index (χ1) is 11.2. The van der Waals surface area contributed by atoms with Crippen LogP contribution in [0.5, 0.6) is 11.5 Å². The van der Waals surface area contributed by atoms with E-state index in [4.69, 9.17) is 9.05 Å². The van der Waals surface area contributed by atoms with Crippen molar-refractivity contribution in [2.24, 2.45) is 0 Å². The van der Waals surface area contributed by atoms with Crippen molar-refractivity contribution in [2.75, 3.05) is 6.61 Å². The zero-order valence-electron chi connectivity index (χ0n) is 13.7. The van der Waals surface area contributed by atoms with Gasteiger partial charge in [0, 0.05) is 29.6 Å². The Labute approximate surface area is 163 Å². The zero-order chi connectivity index (χ0) is 16.2. The minimum Gasteiger partial charge on any atom is -0.504 e. The predicted octanol–water partition coefficient (Wildman–Crippen LogP) is 4.64. The van der Waals surface area contributed by atoms with Gasteiger partial charge in [0.1, 0.15) is 0 Å². The van der Waals surface area contributed by atoms with Crippen LogP contribution in [-0.2, 0) is 9.09 Å². The summed E-state index contributed by atoms with van der Waals surface area (Å²) in [5, 5.41) is 12.4. The van der Waals surface area contributed by atoms with Gasteiger partial charge in [-0.1, -0.05) is 42.5 Å². The number of hydrogen-bond acceptors (Lipinski definition) is 4. The summed E-state index contributed by atoms with van der Waals surface area (Å²) in [5.41, 5.74) is 1.85. The quantitative estimate of drug-likeness (QED) is 0.538. The normalized spacial score (nSPS) is 11.7. The number of benzene rings is 3. The van der Waals surface area contributed by atoms with Gasteiger partial charge in [0.05, 0.1) is 6.61 Å². The number of fused-ring (bicyclic) bond motifs is 1. The molecule has 1 unspecified atom stereocenters. The van der Waals surface area contributed by atoms with Crippen LogP contribution < -0.4 is 4.52 Å². The molecule has 0 spiro atoms. The summed E-state index contributed by atoms with van der Waals surface area (Å²) in [7, 11) is -2.63. The Morgan fingerprint density at radius 2 is 1.62 bits per heavy atom. The van der Waals surface area contributed by atoms with Crippen LogP contribution in [0.4, 0.5) is 0 Å². The fourth-order valence-electron chi connectivity index (χ4n) is 2.39. The van der Waals surface area contributed by atoms with Gasteiger partial charge >= 0.3 is 8.25 Å². The van der Waals surface area contributed by atoms with Crippen LogP contribution in [0.25, 0.3) is 21.9 Å². The van der Waals surface area contributed by atoms with Crippen molar-refractivity contribution in [3.8, 4) is 22.6 Å². The second kappa shape index (κ2) is 8.70. The van der Waals surface area contributed by atoms with Gasteiger partial charge in [-0.05, 0) is 47.0 Å². The molecule has 3 rings (SSSR count). The molecule has 6 heteroatoms. The van der Waals surface area contributed by atoms with Crippen LogP contribution in [0.1, 0.15) is 6.92 Å². The van der Waals surface area contributed by atoms with Crippen LogP contribution in [0.3, 0.4) is 0 Å². The molecule has 0 saturated carbocycles. The second-order valence-corrected chi connectivity index (χ2v) is 6.02. The molecule has 0 aliphatic rings. The second-order valence-electron chi connectivity index (χ2n) is 5.03. The van der Waals surface area contributed by atoms with Crippen molar-refractivity contribution in [3.05, 3.63) is 60.7 Å². The zero-order valence-corrected chi connectivity index (χ0v) is 16.7. The van der Waals surface area contributed by atoms with Crippen molar-refractivity contribution in [1.82, 2.24) is 0 Å². The molecule has 119 valence electrons. The summed E-state index contributed by atoms with van der Waals surface area (Å²) in [6.45, 7) is 2.03. The van der Waals surface area contributed by atoms with E-state index in [0.717, 1.165) is 21.9 Å². The Balaban J connectivity index is 0.00000208. The molecule has 1 atom stereocenters. The molecule has 0 aliphatic heterocycles. The van der Waals surface area contributed by atoms with E-state index in [2.05, 4.69) is 12.1 Å². The number of hydrogen-bond donors (Lipinski definition) is 1. The first-order valence-corrected chi connectivity index (χ1v) is 8.56. The topological polar surface area (TPSA) is 55.8 Å². The van der Waals surface area contributed by atoms with Gasteiger partial charge in [-0.15, -0.1) is 0 Å². The average Bonchev–Trinajstić information content (AvgIpc) is 2.56. The Hall–Kier alpha value is -1.29. The van der Waals surface area contributed by atoms with E-state index in [0.29, 0.717) is 6.61 Å². The molecule has 0 aromatic heterocycles. The van der Waals surface area contributed by atoms with E-state index < -0.39 is 8.25 Å². The Kier molecular flexibility index (Phi) is 6.90. The number of aromatic hydroxyl groups is 1. The number of phenols is 1. The first-order valence-electron chi connectivity index (χ1n) is 7.34. The van der Waals surface area contributed by atoms with Crippen LogP contribution >= 0.6 is 8.25 Å². The monoisotopic (exact) mass is 351 g/mol. The maximum atomic E-state index is 11.5. The van der Waals surface area contributed by atoms with E-state index in [1.165, 1.54) is 0 Å². The third-order valence-corrected chi connectivity index (χ3v) is 4.41. The number of phenolic OH excluding ortho intramolecular Hbond substituents is 1. The third kappa shape index (κ3) is 4.41. The van der Waals surface area contributed by atoms with Gasteiger partial charge < -0.3 is 14.2 Å². The van der Waals surface area contributed by atoms with Crippen molar-refractivity contribution < 1.29 is 18.7 Å². The molecule has 1 N–H and O–H groups in total. The van der Waals surface area contributed by atoms with E-state index in [-0.39, 0.29) is 41.1 Å². The first kappa shape index (κ1) is 19.0. The van der Waals surface area contributed by atoms with Gasteiger partial charge in [0.2, 0.25) is 0 Å². The average molecular weight is 351 g/mol. The van der Waals surface area contributed by atoms with Crippen LogP contribution in [0.15, 0.2) is 60.7 Å². The SMILES string of the molecule is CCO[PH](=O)Oc1ccc(-c2ccc3ccccc3c2)cc1O.[Na]. The van der Waals surface area contributed by atoms with E-state index in [1.54, 1.807) is 19.1 Å². The summed E-state index contributed by atoms with van der Waals surface area (Å²) < 4.78 is 21.5. The standard InChI is InChI=1S/C18H17O4P.Na/c1-2-21-23(20)22-18-10-9-16(12-17(18)19)15-8-7-13-5-3-4-6-14(13)11-15;/h3-12,19,23H,2H2,1H3;. The van der Waals surface area contributed by atoms with E-state index in [9.17, 15) is 9.67 Å². The summed E-state index contributed by atoms with van der Waals surface area (Å²) in [5.74, 6) is 0.0978. The summed E-state index contributed by atoms with van der Waals surface area (Å²) in [6, 6.07) is 19.2. The Bertz CT molecular complexity index is 867. The molecule has 3 aromatic rings. The van der Waals surface area contributed by atoms with Crippen molar-refractivity contribution in [3.63, 3.8) is 0 Å². The Morgan fingerprint density at radius 1 is 0.958 bits per heavy atom. The third-order valence-electron chi connectivity index (χ3n) is 3.50. The van der Waals surface area contributed by atoms with Gasteiger partial charge in [-0.25, -0.2) is 4.57 Å². The molecule has 1 radical (unpaired) electrons. The molecule has 24 heavy (non-hydrogen) atoms. The van der Waals surface area contributed by atoms with Crippen LogP contribution in [0, 0.1) is 0 Å². The van der Waals surface area contributed by atoms with E-state index in [1.807, 2.05) is 36.4 Å². The number of rotatable bonds is 5. The summed E-state index contributed by atoms with van der Waals surface area (Å²) >= 11 is 0. The van der Waals surface area contributed by atoms with Crippen molar-refractivity contribution >= 4 is 48.6 Å². The minimum absolute atomic E-state index is 0. The Morgan fingerprint density at radius 3 is 2.33 bits per heavy atom. The molecule has 0 aliphatic carbocycles. The van der Waals surface area contributed by atoms with Crippen molar-refractivity contribution in [2.45, 2.75) is 6.92 Å². The van der Waals surface area contributed by atoms with E-state index >= 15 is 0 Å². The fourth-order valence-corrected chi connectivity index (χ4v) is 3.04. The molecule has 3 aromatic carbocycles. The predicted molar refractivity (Wildman–Crippen MR) is 98.1 cm³/mol. The molecule has 0 amide bonds. The smallest absolute Gasteiger partial charge is 0.367 e. The minimum atomic E-state index is -2.63. The van der Waals surface area contributed by atoms with Crippen molar-refractivity contribution in [1.29, 1.82) is 0 Å². The van der Waals surface area contributed by atoms with Crippen LogP contribution in [0.2, 0.25) is 0 Å². The molecule has 4 nitrogen and oxygen atoms in total. The molecule has 0 saturated heterocycles. The van der Waals surface area contributed by atoms with Gasteiger partial charge in [0.15, 0.2) is 11.5 Å². The summed E-state index contributed by atoms with van der Waals surface area (Å²) in [4.78, 5) is 0. The fraction of sp³-hybridized carbons (Fsp3) is 0.111.